The van der Waals surface area contributed by atoms with E-state index in [0.717, 1.165) is 16.9 Å². The van der Waals surface area contributed by atoms with Gasteiger partial charge in [-0.3, -0.25) is 4.98 Å². The van der Waals surface area contributed by atoms with Crippen LogP contribution in [0.25, 0.3) is 0 Å². The molecule has 0 aliphatic carbocycles. The van der Waals surface area contributed by atoms with Crippen molar-refractivity contribution in [2.24, 2.45) is 0 Å². The van der Waals surface area contributed by atoms with Crippen molar-refractivity contribution in [2.75, 3.05) is 6.54 Å². The Morgan fingerprint density at radius 1 is 1.35 bits per heavy atom. The highest BCUT2D eigenvalue weighted by Gasteiger charge is 2.14. The summed E-state index contributed by atoms with van der Waals surface area (Å²) in [6, 6.07) is 9.94. The summed E-state index contributed by atoms with van der Waals surface area (Å²) in [5.41, 5.74) is 2.84. The number of carbonyl (C=O) groups is 1. The topological polar surface area (TPSA) is 42.4 Å². The average Bonchev–Trinajstić information content (AvgIpc) is 2.99. The first-order chi connectivity index (χ1) is 9.79. The van der Waals surface area contributed by atoms with E-state index in [1.807, 2.05) is 30.3 Å². The van der Waals surface area contributed by atoms with Gasteiger partial charge in [-0.2, -0.15) is 0 Å². The van der Waals surface area contributed by atoms with Crippen LogP contribution in [0.2, 0.25) is 0 Å². The zero-order valence-electron chi connectivity index (χ0n) is 11.5. The molecule has 0 unspecified atom stereocenters. The van der Waals surface area contributed by atoms with Crippen molar-refractivity contribution in [1.82, 2.24) is 9.88 Å². The van der Waals surface area contributed by atoms with Gasteiger partial charge in [0.15, 0.2) is 0 Å². The summed E-state index contributed by atoms with van der Waals surface area (Å²) in [4.78, 5) is 18.8. The molecule has 0 radical (unpaired) electrons. The Balaban J connectivity index is 1.91. The van der Waals surface area contributed by atoms with E-state index in [9.17, 15) is 4.79 Å². The Labute approximate surface area is 123 Å². The van der Waals surface area contributed by atoms with Gasteiger partial charge in [-0.1, -0.05) is 37.3 Å². The SMILES string of the molecule is CCCN(Cc1ccccc1)C(=O)OCc1cncs1. The number of carbonyl (C=O) groups excluding carboxylic acids is 1. The van der Waals surface area contributed by atoms with Crippen LogP contribution in [0.4, 0.5) is 4.79 Å². The summed E-state index contributed by atoms with van der Waals surface area (Å²) in [6.45, 7) is 3.61. The van der Waals surface area contributed by atoms with Gasteiger partial charge in [-0.15, -0.1) is 11.3 Å². The van der Waals surface area contributed by atoms with E-state index < -0.39 is 0 Å². The number of amides is 1. The Kier molecular flexibility index (Phi) is 5.55. The molecule has 1 heterocycles. The Morgan fingerprint density at radius 2 is 2.15 bits per heavy atom. The maximum absolute atomic E-state index is 12.1. The van der Waals surface area contributed by atoms with E-state index in [0.29, 0.717) is 19.7 Å². The summed E-state index contributed by atoms with van der Waals surface area (Å²) in [6.07, 6.45) is 2.35. The zero-order valence-corrected chi connectivity index (χ0v) is 12.3. The number of hydrogen-bond donors (Lipinski definition) is 0. The van der Waals surface area contributed by atoms with E-state index in [1.54, 1.807) is 16.6 Å². The van der Waals surface area contributed by atoms with Gasteiger partial charge in [0, 0.05) is 19.3 Å². The average molecular weight is 290 g/mol. The molecule has 0 spiro atoms. The van der Waals surface area contributed by atoms with Crippen LogP contribution in [0.3, 0.4) is 0 Å². The lowest BCUT2D eigenvalue weighted by Gasteiger charge is -2.21. The van der Waals surface area contributed by atoms with Crippen LogP contribution in [-0.2, 0) is 17.9 Å². The largest absolute Gasteiger partial charge is 0.444 e. The van der Waals surface area contributed by atoms with Gasteiger partial charge < -0.3 is 9.64 Å². The molecule has 2 rings (SSSR count). The third-order valence-corrected chi connectivity index (χ3v) is 3.54. The van der Waals surface area contributed by atoms with Gasteiger partial charge in [-0.25, -0.2) is 4.79 Å². The molecule has 0 saturated heterocycles. The summed E-state index contributed by atoms with van der Waals surface area (Å²) in [7, 11) is 0. The number of aromatic nitrogens is 1. The zero-order chi connectivity index (χ0) is 14.2. The molecule has 0 fully saturated rings. The molecule has 20 heavy (non-hydrogen) atoms. The van der Waals surface area contributed by atoms with E-state index in [-0.39, 0.29) is 6.09 Å². The van der Waals surface area contributed by atoms with Gasteiger partial charge in [0.25, 0.3) is 0 Å². The minimum atomic E-state index is -0.274. The van der Waals surface area contributed by atoms with Crippen LogP contribution in [-0.4, -0.2) is 22.5 Å². The molecule has 4 nitrogen and oxygen atoms in total. The summed E-state index contributed by atoms with van der Waals surface area (Å²) < 4.78 is 5.33. The highest BCUT2D eigenvalue weighted by atomic mass is 32.1. The van der Waals surface area contributed by atoms with Crippen LogP contribution < -0.4 is 0 Å². The third kappa shape index (κ3) is 4.35. The van der Waals surface area contributed by atoms with Crippen LogP contribution in [0.1, 0.15) is 23.8 Å². The van der Waals surface area contributed by atoms with Crippen molar-refractivity contribution in [3.63, 3.8) is 0 Å². The van der Waals surface area contributed by atoms with Crippen LogP contribution in [0, 0.1) is 0 Å². The molecular weight excluding hydrogens is 272 g/mol. The Morgan fingerprint density at radius 3 is 2.80 bits per heavy atom. The van der Waals surface area contributed by atoms with E-state index >= 15 is 0 Å². The van der Waals surface area contributed by atoms with E-state index in [2.05, 4.69) is 11.9 Å². The van der Waals surface area contributed by atoms with Gasteiger partial charge in [0.2, 0.25) is 0 Å². The number of ether oxygens (including phenoxy) is 1. The standard InChI is InChI=1S/C15H18N2O2S/c1-2-8-17(10-13-6-4-3-5-7-13)15(18)19-11-14-9-16-12-20-14/h3-7,9,12H,2,8,10-11H2,1H3. The number of rotatable bonds is 6. The van der Waals surface area contributed by atoms with Crippen LogP contribution >= 0.6 is 11.3 Å². The fourth-order valence-corrected chi connectivity index (χ4v) is 2.35. The molecule has 0 bridgehead atoms. The molecule has 0 aliphatic heterocycles. The molecule has 0 aliphatic rings. The fraction of sp³-hybridized carbons (Fsp3) is 0.333. The first-order valence-corrected chi connectivity index (χ1v) is 7.50. The molecule has 1 aromatic heterocycles. The van der Waals surface area contributed by atoms with Crippen molar-refractivity contribution < 1.29 is 9.53 Å². The van der Waals surface area contributed by atoms with Crippen molar-refractivity contribution in [1.29, 1.82) is 0 Å². The van der Waals surface area contributed by atoms with Crippen molar-refractivity contribution >= 4 is 17.4 Å². The van der Waals surface area contributed by atoms with Crippen LogP contribution in [0.15, 0.2) is 42.0 Å². The lowest BCUT2D eigenvalue weighted by atomic mass is 10.2. The maximum Gasteiger partial charge on any atom is 0.410 e. The molecule has 5 heteroatoms. The minimum Gasteiger partial charge on any atom is -0.444 e. The quantitative estimate of drug-likeness (QED) is 0.814. The Bertz CT molecular complexity index is 514. The predicted octanol–water partition coefficient (Wildman–Crippen LogP) is 3.69. The highest BCUT2D eigenvalue weighted by Crippen LogP contribution is 2.11. The van der Waals surface area contributed by atoms with Gasteiger partial charge in [0.1, 0.15) is 6.61 Å². The molecule has 0 atom stereocenters. The normalized spacial score (nSPS) is 10.2. The molecule has 1 aromatic carbocycles. The summed E-state index contributed by atoms with van der Waals surface area (Å²) in [5.74, 6) is 0. The number of benzene rings is 1. The van der Waals surface area contributed by atoms with Crippen molar-refractivity contribution in [3.05, 3.63) is 52.5 Å². The van der Waals surface area contributed by atoms with Gasteiger partial charge >= 0.3 is 6.09 Å². The molecule has 106 valence electrons. The van der Waals surface area contributed by atoms with Crippen LogP contribution in [0.5, 0.6) is 0 Å². The second-order valence-corrected chi connectivity index (χ2v) is 5.40. The van der Waals surface area contributed by atoms with E-state index in [4.69, 9.17) is 4.74 Å². The van der Waals surface area contributed by atoms with Gasteiger partial charge in [-0.05, 0) is 12.0 Å². The van der Waals surface area contributed by atoms with Gasteiger partial charge in [0.05, 0.1) is 10.4 Å². The number of nitrogens with zero attached hydrogens (tertiary/aromatic N) is 2. The summed E-state index contributed by atoms with van der Waals surface area (Å²) >= 11 is 1.49. The molecule has 2 aromatic rings. The van der Waals surface area contributed by atoms with Crippen molar-refractivity contribution in [3.8, 4) is 0 Å². The van der Waals surface area contributed by atoms with E-state index in [1.165, 1.54) is 11.3 Å². The second-order valence-electron chi connectivity index (χ2n) is 4.43. The molecule has 0 N–H and O–H groups in total. The fourth-order valence-electron chi connectivity index (χ4n) is 1.85. The minimum absolute atomic E-state index is 0.274. The Hall–Kier alpha value is -1.88. The second kappa shape index (κ2) is 7.65. The summed E-state index contributed by atoms with van der Waals surface area (Å²) in [5, 5.41) is 0. The highest BCUT2D eigenvalue weighted by molar-refractivity contribution is 7.09. The number of hydrogen-bond acceptors (Lipinski definition) is 4. The lowest BCUT2D eigenvalue weighted by molar-refractivity contribution is 0.0945. The third-order valence-electron chi connectivity index (χ3n) is 2.79. The maximum atomic E-state index is 12.1. The molecular formula is C15H18N2O2S. The number of thiazole rings is 1. The van der Waals surface area contributed by atoms with Crippen molar-refractivity contribution in [2.45, 2.75) is 26.5 Å². The molecule has 1 amide bonds. The predicted molar refractivity (Wildman–Crippen MR) is 79.4 cm³/mol. The lowest BCUT2D eigenvalue weighted by Crippen LogP contribution is -2.31. The first-order valence-electron chi connectivity index (χ1n) is 6.62. The smallest absolute Gasteiger partial charge is 0.410 e. The first kappa shape index (κ1) is 14.5. The monoisotopic (exact) mass is 290 g/mol. The molecule has 0 saturated carbocycles.